The highest BCUT2D eigenvalue weighted by Crippen LogP contribution is 2.43. The van der Waals surface area contributed by atoms with Crippen molar-refractivity contribution >= 4 is 0 Å². The van der Waals surface area contributed by atoms with Gasteiger partial charge in [-0.25, -0.2) is 0 Å². The summed E-state index contributed by atoms with van der Waals surface area (Å²) in [5, 5.41) is 0. The van der Waals surface area contributed by atoms with Crippen LogP contribution in [0, 0.1) is 0 Å². The first kappa shape index (κ1) is 20.1. The van der Waals surface area contributed by atoms with Gasteiger partial charge in [0, 0.05) is 12.8 Å². The summed E-state index contributed by atoms with van der Waals surface area (Å²) in [4.78, 5) is 0. The van der Waals surface area contributed by atoms with Crippen LogP contribution in [0.5, 0.6) is 0 Å². The van der Waals surface area contributed by atoms with E-state index in [1.165, 1.54) is 11.1 Å². The zero-order chi connectivity index (χ0) is 20.2. The molecule has 3 nitrogen and oxygen atoms in total. The Labute approximate surface area is 174 Å². The maximum absolute atomic E-state index is 7.14. The molecule has 3 heteroatoms. The normalized spacial score (nSPS) is 25.0. The van der Waals surface area contributed by atoms with Gasteiger partial charge in [-0.2, -0.15) is 0 Å². The summed E-state index contributed by atoms with van der Waals surface area (Å²) in [6.07, 6.45) is 10.2. The summed E-state index contributed by atoms with van der Waals surface area (Å²) >= 11 is 0. The van der Waals surface area contributed by atoms with Gasteiger partial charge in [0.05, 0.1) is 13.2 Å². The fourth-order valence-corrected chi connectivity index (χ4v) is 4.24. The summed E-state index contributed by atoms with van der Waals surface area (Å²) in [5.74, 6) is 0. The smallest absolute Gasteiger partial charge is 0.120 e. The summed E-state index contributed by atoms with van der Waals surface area (Å²) in [6.45, 7) is 5.54. The molecule has 2 heterocycles. The van der Waals surface area contributed by atoms with Crippen LogP contribution in [0.2, 0.25) is 0 Å². The molecule has 0 aliphatic carbocycles. The van der Waals surface area contributed by atoms with Crippen molar-refractivity contribution in [2.45, 2.75) is 50.1 Å². The van der Waals surface area contributed by atoms with Gasteiger partial charge in [0.1, 0.15) is 23.4 Å². The second-order valence-electron chi connectivity index (χ2n) is 7.98. The monoisotopic (exact) mass is 390 g/mol. The van der Waals surface area contributed by atoms with Gasteiger partial charge < -0.3 is 14.2 Å². The topological polar surface area (TPSA) is 34.3 Å². The third-order valence-electron chi connectivity index (χ3n) is 5.68. The fourth-order valence-electron chi connectivity index (χ4n) is 4.24. The lowest BCUT2D eigenvalue weighted by Gasteiger charge is -2.41. The van der Waals surface area contributed by atoms with E-state index in [9.17, 15) is 0 Å². The lowest BCUT2D eigenvalue weighted by molar-refractivity contribution is -0.129. The zero-order valence-corrected chi connectivity index (χ0v) is 17.3. The third-order valence-corrected chi connectivity index (χ3v) is 5.68. The minimum absolute atomic E-state index is 0.0538. The Morgan fingerprint density at radius 1 is 0.759 bits per heavy atom. The van der Waals surface area contributed by atoms with E-state index in [2.05, 4.69) is 72.8 Å². The number of hydrogen-bond donors (Lipinski definition) is 0. The van der Waals surface area contributed by atoms with Crippen LogP contribution in [0.3, 0.4) is 0 Å². The lowest BCUT2D eigenvalue weighted by Crippen LogP contribution is -2.51. The summed E-state index contributed by atoms with van der Waals surface area (Å²) in [7, 11) is 0. The standard InChI is InChI=1S/C26H30O3/c1-3-15-25(23-19-27-23,17-21-11-7-5-8-12-21)29-26(16-4-2,24-20-28-24)18-22-13-9-6-10-14-22/h3-16,23-24H,17-20H2,1-2H3. The van der Waals surface area contributed by atoms with Crippen LogP contribution in [0.4, 0.5) is 0 Å². The quantitative estimate of drug-likeness (QED) is 0.427. The van der Waals surface area contributed by atoms with Crippen LogP contribution >= 0.6 is 0 Å². The molecular weight excluding hydrogens is 360 g/mol. The van der Waals surface area contributed by atoms with Crippen LogP contribution in [0.1, 0.15) is 25.0 Å². The van der Waals surface area contributed by atoms with E-state index in [0.29, 0.717) is 0 Å². The lowest BCUT2D eigenvalue weighted by atomic mass is 9.85. The maximum Gasteiger partial charge on any atom is 0.120 e. The molecule has 0 spiro atoms. The van der Waals surface area contributed by atoms with Crippen molar-refractivity contribution in [1.82, 2.24) is 0 Å². The summed E-state index contributed by atoms with van der Waals surface area (Å²) in [6, 6.07) is 21.1. The van der Waals surface area contributed by atoms with E-state index < -0.39 is 11.2 Å². The van der Waals surface area contributed by atoms with Crippen LogP contribution < -0.4 is 0 Å². The maximum atomic E-state index is 7.14. The largest absolute Gasteiger partial charge is 0.370 e. The molecule has 0 saturated carbocycles. The first-order chi connectivity index (χ1) is 14.2. The van der Waals surface area contributed by atoms with Gasteiger partial charge in [0.25, 0.3) is 0 Å². The van der Waals surface area contributed by atoms with Crippen molar-refractivity contribution in [2.24, 2.45) is 0 Å². The molecule has 2 saturated heterocycles. The van der Waals surface area contributed by atoms with Gasteiger partial charge in [-0.05, 0) is 25.0 Å². The fraction of sp³-hybridized carbons (Fsp3) is 0.385. The van der Waals surface area contributed by atoms with E-state index >= 15 is 0 Å². The van der Waals surface area contributed by atoms with Crippen LogP contribution in [0.25, 0.3) is 0 Å². The van der Waals surface area contributed by atoms with Crippen molar-refractivity contribution < 1.29 is 14.2 Å². The van der Waals surface area contributed by atoms with Gasteiger partial charge in [-0.1, -0.05) is 85.0 Å². The molecule has 4 atom stereocenters. The van der Waals surface area contributed by atoms with Crippen molar-refractivity contribution in [3.63, 3.8) is 0 Å². The van der Waals surface area contributed by atoms with E-state index in [1.807, 2.05) is 26.0 Å². The average Bonchev–Trinajstić information content (AvgIpc) is 3.62. The molecule has 2 aromatic carbocycles. The highest BCUT2D eigenvalue weighted by molar-refractivity contribution is 5.27. The second-order valence-corrected chi connectivity index (χ2v) is 7.98. The highest BCUT2D eigenvalue weighted by Gasteiger charge is 2.55. The molecule has 2 fully saturated rings. The number of allylic oxidation sites excluding steroid dienone is 2. The van der Waals surface area contributed by atoms with Gasteiger partial charge in [0.15, 0.2) is 0 Å². The van der Waals surface area contributed by atoms with E-state index in [0.717, 1.165) is 26.1 Å². The number of hydrogen-bond acceptors (Lipinski definition) is 3. The van der Waals surface area contributed by atoms with Gasteiger partial charge in [0.2, 0.25) is 0 Å². The van der Waals surface area contributed by atoms with Crippen LogP contribution in [-0.2, 0) is 27.1 Å². The van der Waals surface area contributed by atoms with Crippen molar-refractivity contribution in [3.8, 4) is 0 Å². The molecule has 0 bridgehead atoms. The molecule has 29 heavy (non-hydrogen) atoms. The highest BCUT2D eigenvalue weighted by atomic mass is 16.6. The van der Waals surface area contributed by atoms with Gasteiger partial charge in [-0.15, -0.1) is 0 Å². The number of ether oxygens (including phenoxy) is 3. The summed E-state index contributed by atoms with van der Waals surface area (Å²) < 4.78 is 18.8. The Morgan fingerprint density at radius 2 is 1.14 bits per heavy atom. The number of benzene rings is 2. The Morgan fingerprint density at radius 3 is 1.45 bits per heavy atom. The molecule has 2 aliphatic rings. The predicted octanol–water partition coefficient (Wildman–Crippen LogP) is 4.92. The molecular formula is C26H30O3. The molecule has 0 aromatic heterocycles. The minimum atomic E-state index is -0.531. The van der Waals surface area contributed by atoms with E-state index in [-0.39, 0.29) is 12.2 Å². The Balaban J connectivity index is 1.72. The third kappa shape index (κ3) is 4.69. The Kier molecular flexibility index (Phi) is 6.00. The van der Waals surface area contributed by atoms with Crippen molar-refractivity contribution in [1.29, 1.82) is 0 Å². The van der Waals surface area contributed by atoms with Crippen LogP contribution in [0.15, 0.2) is 85.0 Å². The SMILES string of the molecule is CC=CC(Cc1ccccc1)(OC(C=CC)(Cc1ccccc1)C1CO1)C1CO1. The molecule has 0 N–H and O–H groups in total. The van der Waals surface area contributed by atoms with E-state index in [1.54, 1.807) is 0 Å². The van der Waals surface area contributed by atoms with Gasteiger partial charge in [-0.3, -0.25) is 0 Å². The molecule has 2 aromatic rings. The molecule has 0 radical (unpaired) electrons. The minimum Gasteiger partial charge on any atom is -0.370 e. The van der Waals surface area contributed by atoms with Crippen molar-refractivity contribution in [2.75, 3.05) is 13.2 Å². The first-order valence-electron chi connectivity index (χ1n) is 10.5. The van der Waals surface area contributed by atoms with Crippen molar-refractivity contribution in [3.05, 3.63) is 96.1 Å². The summed E-state index contributed by atoms with van der Waals surface area (Å²) in [5.41, 5.74) is 1.42. The Bertz CT molecular complexity index is 765. The molecule has 4 unspecified atom stereocenters. The number of rotatable bonds is 10. The Hall–Kier alpha value is -2.20. The van der Waals surface area contributed by atoms with Crippen LogP contribution in [-0.4, -0.2) is 36.6 Å². The predicted molar refractivity (Wildman–Crippen MR) is 116 cm³/mol. The molecule has 2 aliphatic heterocycles. The second kappa shape index (κ2) is 8.66. The molecule has 4 rings (SSSR count). The zero-order valence-electron chi connectivity index (χ0n) is 17.3. The first-order valence-corrected chi connectivity index (χ1v) is 10.5. The van der Waals surface area contributed by atoms with Gasteiger partial charge >= 0.3 is 0 Å². The average molecular weight is 391 g/mol. The van der Waals surface area contributed by atoms with E-state index in [4.69, 9.17) is 14.2 Å². The molecule has 152 valence electrons. The molecule has 0 amide bonds. The number of epoxide rings is 2.